The van der Waals surface area contributed by atoms with Gasteiger partial charge in [0, 0.05) is 10.9 Å². The molecule has 24 heavy (non-hydrogen) atoms. The molecular weight excluding hydrogens is 326 g/mol. The first-order chi connectivity index (χ1) is 11.4. The summed E-state index contributed by atoms with van der Waals surface area (Å²) >= 11 is 0. The molecule has 0 saturated carbocycles. The molecule has 0 saturated heterocycles. The molecule has 0 unspecified atom stereocenters. The van der Waals surface area contributed by atoms with E-state index in [1.807, 2.05) is 37.3 Å². The van der Waals surface area contributed by atoms with Crippen molar-refractivity contribution in [3.8, 4) is 6.07 Å². The number of furan rings is 1. The van der Waals surface area contributed by atoms with E-state index in [2.05, 4.69) is 5.32 Å². The van der Waals surface area contributed by atoms with Crippen LogP contribution in [0.4, 0.5) is 5.69 Å². The number of fused-ring (bicyclic) bond motifs is 1. The first-order valence-electron chi connectivity index (χ1n) is 7.18. The van der Waals surface area contributed by atoms with Crippen molar-refractivity contribution >= 4 is 26.7 Å². The summed E-state index contributed by atoms with van der Waals surface area (Å²) in [4.78, 5) is -0.0930. The molecule has 122 valence electrons. The standard InChI is InChI=1S/C17H15N3O3S/c1-11-14-4-2-3-5-16(14)23-17(11)10-20-15-7-6-13(24(19,21)22)8-12(15)9-18/h2-8,20H,10H2,1H3,(H2,19,21,22). The van der Waals surface area contributed by atoms with Crippen LogP contribution in [0.2, 0.25) is 0 Å². The number of nitrogens with two attached hydrogens (primary N) is 1. The fraction of sp³-hybridized carbons (Fsp3) is 0.118. The molecule has 3 N–H and O–H groups in total. The summed E-state index contributed by atoms with van der Waals surface area (Å²) in [6.07, 6.45) is 0. The molecule has 0 fully saturated rings. The Balaban J connectivity index is 1.89. The summed E-state index contributed by atoms with van der Waals surface area (Å²) in [6.45, 7) is 2.35. The number of nitrogens with zero attached hydrogens (tertiary/aromatic N) is 1. The lowest BCUT2D eigenvalue weighted by Gasteiger charge is -2.08. The van der Waals surface area contributed by atoms with Gasteiger partial charge in [-0.15, -0.1) is 0 Å². The van der Waals surface area contributed by atoms with Crippen molar-refractivity contribution in [1.29, 1.82) is 5.26 Å². The summed E-state index contributed by atoms with van der Waals surface area (Å²) in [6, 6.07) is 13.8. The lowest BCUT2D eigenvalue weighted by atomic mass is 10.1. The van der Waals surface area contributed by atoms with Crippen molar-refractivity contribution in [3.63, 3.8) is 0 Å². The van der Waals surface area contributed by atoms with Gasteiger partial charge in [-0.3, -0.25) is 0 Å². The second-order valence-corrected chi connectivity index (χ2v) is 6.93. The minimum atomic E-state index is -3.84. The first kappa shape index (κ1) is 16.1. The summed E-state index contributed by atoms with van der Waals surface area (Å²) in [7, 11) is -3.84. The Kier molecular flexibility index (Phi) is 4.01. The van der Waals surface area contributed by atoms with E-state index in [9.17, 15) is 13.7 Å². The van der Waals surface area contributed by atoms with Gasteiger partial charge in [0.15, 0.2) is 0 Å². The zero-order valence-electron chi connectivity index (χ0n) is 12.9. The summed E-state index contributed by atoms with van der Waals surface area (Å²) in [5.41, 5.74) is 2.55. The number of rotatable bonds is 4. The Labute approximate surface area is 139 Å². The van der Waals surface area contributed by atoms with Gasteiger partial charge in [0.05, 0.1) is 22.7 Å². The smallest absolute Gasteiger partial charge is 0.238 e. The number of benzene rings is 2. The third kappa shape index (κ3) is 2.97. The Morgan fingerprint density at radius 1 is 1.25 bits per heavy atom. The third-order valence-electron chi connectivity index (χ3n) is 3.82. The molecule has 7 heteroatoms. The van der Waals surface area contributed by atoms with Gasteiger partial charge in [0.1, 0.15) is 17.4 Å². The van der Waals surface area contributed by atoms with E-state index in [-0.39, 0.29) is 10.5 Å². The molecule has 0 amide bonds. The molecule has 0 aliphatic heterocycles. The zero-order chi connectivity index (χ0) is 17.3. The highest BCUT2D eigenvalue weighted by molar-refractivity contribution is 7.89. The van der Waals surface area contributed by atoms with E-state index in [0.29, 0.717) is 12.2 Å². The molecule has 0 radical (unpaired) electrons. The molecular formula is C17H15N3O3S. The number of hydrogen-bond donors (Lipinski definition) is 2. The molecule has 0 bridgehead atoms. The molecule has 3 rings (SSSR count). The van der Waals surface area contributed by atoms with Crippen LogP contribution in [0.5, 0.6) is 0 Å². The monoisotopic (exact) mass is 341 g/mol. The molecule has 0 atom stereocenters. The van der Waals surface area contributed by atoms with E-state index >= 15 is 0 Å². The van der Waals surface area contributed by atoms with Gasteiger partial charge >= 0.3 is 0 Å². The molecule has 6 nitrogen and oxygen atoms in total. The number of nitriles is 1. The highest BCUT2D eigenvalue weighted by Crippen LogP contribution is 2.26. The Bertz CT molecular complexity index is 1060. The van der Waals surface area contributed by atoms with Gasteiger partial charge in [0.25, 0.3) is 0 Å². The van der Waals surface area contributed by atoms with Crippen LogP contribution in [0.1, 0.15) is 16.9 Å². The molecule has 1 heterocycles. The van der Waals surface area contributed by atoms with Gasteiger partial charge in [-0.1, -0.05) is 18.2 Å². The van der Waals surface area contributed by atoms with Crippen molar-refractivity contribution in [3.05, 3.63) is 59.4 Å². The molecule has 0 spiro atoms. The fourth-order valence-electron chi connectivity index (χ4n) is 2.52. The van der Waals surface area contributed by atoms with Crippen LogP contribution in [0, 0.1) is 18.3 Å². The van der Waals surface area contributed by atoms with E-state index < -0.39 is 10.0 Å². The Morgan fingerprint density at radius 3 is 2.67 bits per heavy atom. The number of anilines is 1. The molecule has 2 aromatic carbocycles. The van der Waals surface area contributed by atoms with Crippen LogP contribution in [0.3, 0.4) is 0 Å². The number of hydrogen-bond acceptors (Lipinski definition) is 5. The SMILES string of the molecule is Cc1c(CNc2ccc(S(N)(=O)=O)cc2C#N)oc2ccccc12. The van der Waals surface area contributed by atoms with Gasteiger partial charge in [0.2, 0.25) is 10.0 Å². The largest absolute Gasteiger partial charge is 0.459 e. The average molecular weight is 341 g/mol. The second kappa shape index (κ2) is 6.00. The highest BCUT2D eigenvalue weighted by Gasteiger charge is 2.13. The van der Waals surface area contributed by atoms with Gasteiger partial charge in [-0.2, -0.15) is 5.26 Å². The van der Waals surface area contributed by atoms with E-state index in [1.165, 1.54) is 18.2 Å². The summed E-state index contributed by atoms with van der Waals surface area (Å²) in [5.74, 6) is 0.760. The molecule has 3 aromatic rings. The van der Waals surface area contributed by atoms with Crippen LogP contribution in [0.25, 0.3) is 11.0 Å². The van der Waals surface area contributed by atoms with E-state index in [1.54, 1.807) is 0 Å². The Hall–Kier alpha value is -2.82. The number of para-hydroxylation sites is 1. The predicted molar refractivity (Wildman–Crippen MR) is 90.8 cm³/mol. The maximum absolute atomic E-state index is 11.4. The van der Waals surface area contributed by atoms with E-state index in [0.717, 1.165) is 22.3 Å². The maximum Gasteiger partial charge on any atom is 0.238 e. The van der Waals surface area contributed by atoms with Crippen molar-refractivity contribution < 1.29 is 12.8 Å². The first-order valence-corrected chi connectivity index (χ1v) is 8.72. The van der Waals surface area contributed by atoms with Crippen LogP contribution in [0.15, 0.2) is 51.8 Å². The second-order valence-electron chi connectivity index (χ2n) is 5.36. The lowest BCUT2D eigenvalue weighted by Crippen LogP contribution is -2.12. The minimum absolute atomic E-state index is 0.0930. The van der Waals surface area contributed by atoms with E-state index in [4.69, 9.17) is 9.56 Å². The molecule has 1 aromatic heterocycles. The fourth-order valence-corrected chi connectivity index (χ4v) is 3.06. The number of primary sulfonamides is 1. The quantitative estimate of drug-likeness (QED) is 0.758. The van der Waals surface area contributed by atoms with Gasteiger partial charge in [-0.05, 0) is 31.2 Å². The summed E-state index contributed by atoms with van der Waals surface area (Å²) < 4.78 is 28.5. The number of aryl methyl sites for hydroxylation is 1. The predicted octanol–water partition coefficient (Wildman–Crippen LogP) is 2.87. The van der Waals surface area contributed by atoms with Crippen molar-refractivity contribution in [2.75, 3.05) is 5.32 Å². The van der Waals surface area contributed by atoms with Crippen LogP contribution >= 0.6 is 0 Å². The van der Waals surface area contributed by atoms with Gasteiger partial charge in [-0.25, -0.2) is 13.6 Å². The molecule has 0 aliphatic carbocycles. The lowest BCUT2D eigenvalue weighted by molar-refractivity contribution is 0.555. The van der Waals surface area contributed by atoms with Gasteiger partial charge < -0.3 is 9.73 Å². The minimum Gasteiger partial charge on any atom is -0.459 e. The van der Waals surface area contributed by atoms with Crippen molar-refractivity contribution in [2.24, 2.45) is 5.14 Å². The number of sulfonamides is 1. The average Bonchev–Trinajstić information content (AvgIpc) is 2.88. The normalized spacial score (nSPS) is 11.4. The highest BCUT2D eigenvalue weighted by atomic mass is 32.2. The van der Waals surface area contributed by atoms with Crippen molar-refractivity contribution in [1.82, 2.24) is 0 Å². The molecule has 0 aliphatic rings. The van der Waals surface area contributed by atoms with Crippen molar-refractivity contribution in [2.45, 2.75) is 18.4 Å². The van der Waals surface area contributed by atoms with Crippen LogP contribution < -0.4 is 10.5 Å². The van der Waals surface area contributed by atoms with Crippen LogP contribution in [-0.2, 0) is 16.6 Å². The van der Waals surface area contributed by atoms with Crippen LogP contribution in [-0.4, -0.2) is 8.42 Å². The maximum atomic E-state index is 11.4. The third-order valence-corrected chi connectivity index (χ3v) is 4.73. The topological polar surface area (TPSA) is 109 Å². The Morgan fingerprint density at radius 2 is 2.00 bits per heavy atom. The zero-order valence-corrected chi connectivity index (χ0v) is 13.7. The number of nitrogens with one attached hydrogen (secondary N) is 1. The summed E-state index contributed by atoms with van der Waals surface area (Å²) in [5, 5.41) is 18.5.